The highest BCUT2D eigenvalue weighted by molar-refractivity contribution is 5.10. The third-order valence-corrected chi connectivity index (χ3v) is 15.1. The molecule has 2 saturated heterocycles. The number of aliphatic hydroxyl groups excluding tert-OH is 7. The monoisotopic (exact) mass is 712 g/mol. The summed E-state index contributed by atoms with van der Waals surface area (Å²) in [5.41, 5.74) is 0.722. The Bertz CT molecular complexity index is 1110. The normalized spacial score (nSPS) is 51.5. The minimum absolute atomic E-state index is 0.157. The molecule has 0 aromatic heterocycles. The molecule has 4 aliphatic carbocycles. The Morgan fingerprint density at radius 2 is 1.30 bits per heavy atom. The number of hydrogen-bond donors (Lipinski definition) is 7. The lowest BCUT2D eigenvalue weighted by atomic mass is 9.44. The highest BCUT2D eigenvalue weighted by Gasteiger charge is 2.61. The molecule has 2 heterocycles. The maximum absolute atomic E-state index is 11.1. The van der Waals surface area contributed by atoms with E-state index in [-0.39, 0.29) is 11.5 Å². The zero-order valence-electron chi connectivity index (χ0n) is 31.1. The van der Waals surface area contributed by atoms with E-state index < -0.39 is 74.6 Å². The van der Waals surface area contributed by atoms with Crippen LogP contribution in [0, 0.1) is 52.3 Å². The van der Waals surface area contributed by atoms with Crippen LogP contribution in [-0.2, 0) is 18.9 Å². The maximum atomic E-state index is 11.1. The predicted octanol–water partition coefficient (Wildman–Crippen LogP) is 3.12. The number of hydrogen-bond acceptors (Lipinski definition) is 11. The Labute approximate surface area is 299 Å². The van der Waals surface area contributed by atoms with Gasteiger partial charge in [-0.2, -0.15) is 0 Å². The molecule has 0 amide bonds. The van der Waals surface area contributed by atoms with E-state index in [0.29, 0.717) is 11.3 Å². The van der Waals surface area contributed by atoms with Crippen LogP contribution in [0.4, 0.5) is 0 Å². The van der Waals surface area contributed by atoms with Gasteiger partial charge in [0, 0.05) is 0 Å². The zero-order chi connectivity index (χ0) is 36.1. The Morgan fingerprint density at radius 3 is 2.00 bits per heavy atom. The standard InChI is InChI=1S/C39H68O11/c1-20(2)7-6-8-21(3)25-11-12-26-24-10-9-22-17-23(13-15-38(22,4)27(24)14-16-39(25,26)5)47-36-34(46)32(44)35(29(19-41)49-36)50-37-33(45)31(43)30(42)28(18-40)48-37/h20-37,40-46H,6-19H2,1-5H3/t21-,22+,23+,24+,25-,26+,27+,28-,29-,30-,31+,32-,33-,34-,35-,36-,37-,38+,39-/m1/s1. The van der Waals surface area contributed by atoms with Crippen LogP contribution in [-0.4, -0.2) is 116 Å². The van der Waals surface area contributed by atoms with Crippen LogP contribution in [0.25, 0.3) is 0 Å². The van der Waals surface area contributed by atoms with Crippen LogP contribution in [0.2, 0.25) is 0 Å². The number of ether oxygens (including phenoxy) is 4. The second kappa shape index (κ2) is 15.7. The van der Waals surface area contributed by atoms with Crippen molar-refractivity contribution in [3.8, 4) is 0 Å². The van der Waals surface area contributed by atoms with E-state index in [1.807, 2.05) is 0 Å². The molecule has 19 atom stereocenters. The summed E-state index contributed by atoms with van der Waals surface area (Å²) in [6.07, 6.45) is 0.133. The molecule has 2 aliphatic heterocycles. The van der Waals surface area contributed by atoms with Gasteiger partial charge in [0.15, 0.2) is 12.6 Å². The van der Waals surface area contributed by atoms with Crippen LogP contribution >= 0.6 is 0 Å². The Morgan fingerprint density at radius 1 is 0.660 bits per heavy atom. The summed E-state index contributed by atoms with van der Waals surface area (Å²) in [4.78, 5) is 0. The molecule has 0 radical (unpaired) electrons. The van der Waals surface area contributed by atoms with E-state index in [1.54, 1.807) is 0 Å². The molecule has 0 spiro atoms. The fourth-order valence-electron chi connectivity index (χ4n) is 12.2. The van der Waals surface area contributed by atoms with Crippen molar-refractivity contribution in [1.29, 1.82) is 0 Å². The first kappa shape index (κ1) is 39.3. The first-order chi connectivity index (χ1) is 23.7. The topological polar surface area (TPSA) is 179 Å². The largest absolute Gasteiger partial charge is 0.394 e. The first-order valence-corrected chi connectivity index (χ1v) is 20.0. The van der Waals surface area contributed by atoms with Crippen molar-refractivity contribution in [2.24, 2.45) is 52.3 Å². The summed E-state index contributed by atoms with van der Waals surface area (Å²) >= 11 is 0. The van der Waals surface area contributed by atoms with Gasteiger partial charge in [0.25, 0.3) is 0 Å². The smallest absolute Gasteiger partial charge is 0.187 e. The Balaban J connectivity index is 1.05. The third kappa shape index (κ3) is 7.21. The maximum Gasteiger partial charge on any atom is 0.187 e. The fourth-order valence-corrected chi connectivity index (χ4v) is 12.2. The molecular formula is C39H68O11. The molecular weight excluding hydrogens is 644 g/mol. The van der Waals surface area contributed by atoms with Crippen molar-refractivity contribution in [3.63, 3.8) is 0 Å². The van der Waals surface area contributed by atoms with E-state index in [2.05, 4.69) is 34.6 Å². The molecule has 50 heavy (non-hydrogen) atoms. The second-order valence-corrected chi connectivity index (χ2v) is 18.2. The zero-order valence-corrected chi connectivity index (χ0v) is 31.1. The van der Waals surface area contributed by atoms with Gasteiger partial charge in [-0.1, -0.05) is 53.9 Å². The van der Waals surface area contributed by atoms with Gasteiger partial charge >= 0.3 is 0 Å². The molecule has 0 bridgehead atoms. The first-order valence-electron chi connectivity index (χ1n) is 20.0. The van der Waals surface area contributed by atoms with Crippen LogP contribution in [0.5, 0.6) is 0 Å². The van der Waals surface area contributed by atoms with E-state index >= 15 is 0 Å². The summed E-state index contributed by atoms with van der Waals surface area (Å²) in [7, 11) is 0. The van der Waals surface area contributed by atoms with Crippen molar-refractivity contribution in [1.82, 2.24) is 0 Å². The molecule has 0 aromatic rings. The summed E-state index contributed by atoms with van der Waals surface area (Å²) in [5.74, 6) is 5.29. The fraction of sp³-hybridized carbons (Fsp3) is 1.00. The SMILES string of the molecule is CC(C)CCC[C@@H](C)[C@H]1CC[C@H]2[C@@H]3CC[C@H]4C[C@@H](O[C@@H]5O[C@H](CO)[C@@H](O[C@H]6O[C@H](CO)[C@@H](O)[C@H](O)[C@H]6O)[C@H](O)[C@H]5O)CC[C@]4(C)[C@H]3CC[C@]12C. The number of fused-ring (bicyclic) bond motifs is 5. The van der Waals surface area contributed by atoms with Gasteiger partial charge in [-0.3, -0.25) is 0 Å². The molecule has 6 fully saturated rings. The Kier molecular flexibility index (Phi) is 12.4. The van der Waals surface area contributed by atoms with Gasteiger partial charge in [0.05, 0.1) is 19.3 Å². The molecule has 290 valence electrons. The van der Waals surface area contributed by atoms with Gasteiger partial charge in [-0.25, -0.2) is 0 Å². The summed E-state index contributed by atoms with van der Waals surface area (Å²) in [6.45, 7) is 11.2. The molecule has 0 unspecified atom stereocenters. The quantitative estimate of drug-likeness (QED) is 0.157. The van der Waals surface area contributed by atoms with E-state index in [4.69, 9.17) is 18.9 Å². The molecule has 11 heteroatoms. The number of aliphatic hydroxyl groups is 7. The van der Waals surface area contributed by atoms with Crippen molar-refractivity contribution >= 4 is 0 Å². The summed E-state index contributed by atoms with van der Waals surface area (Å²) in [6, 6.07) is 0. The van der Waals surface area contributed by atoms with Crippen molar-refractivity contribution in [2.75, 3.05) is 13.2 Å². The van der Waals surface area contributed by atoms with Gasteiger partial charge in [-0.15, -0.1) is 0 Å². The van der Waals surface area contributed by atoms with Gasteiger partial charge in [-0.05, 0) is 110 Å². The van der Waals surface area contributed by atoms with Crippen LogP contribution in [0.1, 0.15) is 112 Å². The highest BCUT2D eigenvalue weighted by atomic mass is 16.7. The number of rotatable bonds is 11. The summed E-state index contributed by atoms with van der Waals surface area (Å²) in [5, 5.41) is 72.7. The molecule has 0 aromatic carbocycles. The average molecular weight is 713 g/mol. The van der Waals surface area contributed by atoms with E-state index in [0.717, 1.165) is 54.8 Å². The lowest BCUT2D eigenvalue weighted by molar-refractivity contribution is -0.364. The molecule has 4 saturated carbocycles. The lowest BCUT2D eigenvalue weighted by Gasteiger charge is -2.61. The molecule has 6 rings (SSSR count). The lowest BCUT2D eigenvalue weighted by Crippen LogP contribution is -2.65. The van der Waals surface area contributed by atoms with Crippen LogP contribution in [0.15, 0.2) is 0 Å². The minimum atomic E-state index is -1.70. The predicted molar refractivity (Wildman–Crippen MR) is 184 cm³/mol. The van der Waals surface area contributed by atoms with E-state index in [9.17, 15) is 35.7 Å². The molecule has 7 N–H and O–H groups in total. The highest BCUT2D eigenvalue weighted by Crippen LogP contribution is 2.68. The van der Waals surface area contributed by atoms with Gasteiger partial charge < -0.3 is 54.7 Å². The van der Waals surface area contributed by atoms with Crippen molar-refractivity contribution < 1.29 is 54.7 Å². The van der Waals surface area contributed by atoms with Crippen molar-refractivity contribution in [2.45, 2.75) is 179 Å². The minimum Gasteiger partial charge on any atom is -0.394 e. The van der Waals surface area contributed by atoms with E-state index in [1.165, 1.54) is 57.8 Å². The Hall–Kier alpha value is -0.440. The third-order valence-electron chi connectivity index (χ3n) is 15.1. The van der Waals surface area contributed by atoms with Crippen LogP contribution < -0.4 is 0 Å². The average Bonchev–Trinajstić information content (AvgIpc) is 3.45. The van der Waals surface area contributed by atoms with Gasteiger partial charge in [0.2, 0.25) is 0 Å². The van der Waals surface area contributed by atoms with Crippen LogP contribution in [0.3, 0.4) is 0 Å². The summed E-state index contributed by atoms with van der Waals surface area (Å²) < 4.78 is 23.5. The second-order valence-electron chi connectivity index (χ2n) is 18.2. The van der Waals surface area contributed by atoms with Gasteiger partial charge in [0.1, 0.15) is 48.8 Å². The molecule has 11 nitrogen and oxygen atoms in total. The molecule has 6 aliphatic rings. The van der Waals surface area contributed by atoms with Crippen molar-refractivity contribution in [3.05, 3.63) is 0 Å².